The van der Waals surface area contributed by atoms with E-state index in [1.807, 2.05) is 24.5 Å². The summed E-state index contributed by atoms with van der Waals surface area (Å²) in [6.07, 6.45) is 3.64. The first-order valence-corrected chi connectivity index (χ1v) is 7.56. The molecule has 0 aliphatic rings. The Hall–Kier alpha value is -2.13. The van der Waals surface area contributed by atoms with Crippen LogP contribution in [-0.4, -0.2) is 4.98 Å². The fourth-order valence-electron chi connectivity index (χ4n) is 2.32. The van der Waals surface area contributed by atoms with Crippen LogP contribution in [0.5, 0.6) is 0 Å². The Kier molecular flexibility index (Phi) is 4.02. The Balaban J connectivity index is 2.16. The Bertz CT molecular complexity index is 724. The fourth-order valence-corrected chi connectivity index (χ4v) is 2.59. The minimum absolute atomic E-state index is 1.07. The first-order chi connectivity index (χ1) is 10.3. The molecular formula is C18H15BrN2. The van der Waals surface area contributed by atoms with Crippen molar-refractivity contribution in [2.75, 3.05) is 4.90 Å². The average molecular weight is 339 g/mol. The molecule has 3 aromatic rings. The van der Waals surface area contributed by atoms with Crippen LogP contribution < -0.4 is 4.90 Å². The summed E-state index contributed by atoms with van der Waals surface area (Å²) in [5.74, 6) is 0. The number of halogens is 1. The number of hydrogen-bond acceptors (Lipinski definition) is 2. The van der Waals surface area contributed by atoms with Gasteiger partial charge in [-0.2, -0.15) is 0 Å². The number of hydrogen-bond donors (Lipinski definition) is 0. The van der Waals surface area contributed by atoms with E-state index in [0.29, 0.717) is 0 Å². The standard InChI is InChI=1S/C18H15BrN2/c1-14-4-2-3-5-18(14)21(17-10-12-20-13-11-17)16-8-6-15(19)7-9-16/h2-13H,1H3. The third-order valence-corrected chi connectivity index (χ3v) is 3.89. The molecule has 2 nitrogen and oxygen atoms in total. The van der Waals surface area contributed by atoms with Crippen molar-refractivity contribution < 1.29 is 0 Å². The van der Waals surface area contributed by atoms with E-state index in [0.717, 1.165) is 15.8 Å². The molecule has 0 radical (unpaired) electrons. The molecule has 3 rings (SSSR count). The smallest absolute Gasteiger partial charge is 0.0492 e. The van der Waals surface area contributed by atoms with Crippen molar-refractivity contribution >= 4 is 33.0 Å². The largest absolute Gasteiger partial charge is 0.310 e. The molecule has 0 amide bonds. The highest BCUT2D eigenvalue weighted by molar-refractivity contribution is 9.10. The van der Waals surface area contributed by atoms with Crippen LogP contribution in [0.4, 0.5) is 17.1 Å². The van der Waals surface area contributed by atoms with Crippen molar-refractivity contribution in [1.29, 1.82) is 0 Å². The lowest BCUT2D eigenvalue weighted by molar-refractivity contribution is 1.22. The monoisotopic (exact) mass is 338 g/mol. The molecule has 0 bridgehead atoms. The SMILES string of the molecule is Cc1ccccc1N(c1ccncc1)c1ccc(Br)cc1. The zero-order valence-electron chi connectivity index (χ0n) is 11.7. The molecular weight excluding hydrogens is 324 g/mol. The molecule has 1 heterocycles. The average Bonchev–Trinajstić information content (AvgIpc) is 2.52. The normalized spacial score (nSPS) is 10.4. The van der Waals surface area contributed by atoms with E-state index in [1.165, 1.54) is 11.3 Å². The van der Waals surface area contributed by atoms with Crippen molar-refractivity contribution in [2.24, 2.45) is 0 Å². The van der Waals surface area contributed by atoms with Gasteiger partial charge in [-0.3, -0.25) is 4.98 Å². The van der Waals surface area contributed by atoms with E-state index in [1.54, 1.807) is 0 Å². The van der Waals surface area contributed by atoms with Crippen molar-refractivity contribution in [2.45, 2.75) is 6.92 Å². The van der Waals surface area contributed by atoms with Gasteiger partial charge in [-0.1, -0.05) is 34.1 Å². The molecule has 0 aliphatic carbocycles. The van der Waals surface area contributed by atoms with Crippen LogP contribution >= 0.6 is 15.9 Å². The maximum Gasteiger partial charge on any atom is 0.0492 e. The predicted molar refractivity (Wildman–Crippen MR) is 91.4 cm³/mol. The van der Waals surface area contributed by atoms with Crippen molar-refractivity contribution in [3.63, 3.8) is 0 Å². The lowest BCUT2D eigenvalue weighted by Crippen LogP contribution is -2.11. The number of rotatable bonds is 3. The Morgan fingerprint density at radius 2 is 1.43 bits per heavy atom. The number of pyridine rings is 1. The van der Waals surface area contributed by atoms with Crippen molar-refractivity contribution in [1.82, 2.24) is 4.98 Å². The minimum Gasteiger partial charge on any atom is -0.310 e. The van der Waals surface area contributed by atoms with E-state index in [2.05, 4.69) is 81.3 Å². The lowest BCUT2D eigenvalue weighted by atomic mass is 10.1. The van der Waals surface area contributed by atoms with Crippen LogP contribution in [0.25, 0.3) is 0 Å². The van der Waals surface area contributed by atoms with Gasteiger partial charge in [0, 0.05) is 33.9 Å². The number of benzene rings is 2. The van der Waals surface area contributed by atoms with Gasteiger partial charge < -0.3 is 4.90 Å². The van der Waals surface area contributed by atoms with Gasteiger partial charge >= 0.3 is 0 Å². The molecule has 2 aromatic carbocycles. The minimum atomic E-state index is 1.07. The molecule has 0 saturated carbocycles. The van der Waals surface area contributed by atoms with Gasteiger partial charge in [0.1, 0.15) is 0 Å². The van der Waals surface area contributed by atoms with Crippen molar-refractivity contribution in [3.05, 3.63) is 83.1 Å². The number of aryl methyl sites for hydroxylation is 1. The van der Waals surface area contributed by atoms with Gasteiger partial charge in [0.2, 0.25) is 0 Å². The maximum atomic E-state index is 4.12. The van der Waals surface area contributed by atoms with Gasteiger partial charge in [-0.15, -0.1) is 0 Å². The summed E-state index contributed by atoms with van der Waals surface area (Å²) in [5.41, 5.74) is 4.63. The second-order valence-corrected chi connectivity index (χ2v) is 5.72. The van der Waals surface area contributed by atoms with E-state index in [-0.39, 0.29) is 0 Å². The van der Waals surface area contributed by atoms with Gasteiger partial charge in [-0.05, 0) is 55.0 Å². The molecule has 0 unspecified atom stereocenters. The van der Waals surface area contributed by atoms with E-state index in [4.69, 9.17) is 0 Å². The van der Waals surface area contributed by atoms with Gasteiger partial charge in [0.05, 0.1) is 0 Å². The summed E-state index contributed by atoms with van der Waals surface area (Å²) in [5, 5.41) is 0. The third-order valence-electron chi connectivity index (χ3n) is 3.36. The molecule has 1 aromatic heterocycles. The van der Waals surface area contributed by atoms with E-state index < -0.39 is 0 Å². The maximum absolute atomic E-state index is 4.12. The second kappa shape index (κ2) is 6.10. The lowest BCUT2D eigenvalue weighted by Gasteiger charge is -2.26. The summed E-state index contributed by atoms with van der Waals surface area (Å²) in [7, 11) is 0. The van der Waals surface area contributed by atoms with Crippen LogP contribution in [-0.2, 0) is 0 Å². The topological polar surface area (TPSA) is 16.1 Å². The Labute approximate surface area is 133 Å². The molecule has 0 aliphatic heterocycles. The molecule has 21 heavy (non-hydrogen) atoms. The van der Waals surface area contributed by atoms with Crippen LogP contribution in [0, 0.1) is 6.92 Å². The summed E-state index contributed by atoms with van der Waals surface area (Å²) in [6, 6.07) is 20.8. The summed E-state index contributed by atoms with van der Waals surface area (Å²) >= 11 is 3.49. The first-order valence-electron chi connectivity index (χ1n) is 6.77. The van der Waals surface area contributed by atoms with Crippen molar-refractivity contribution in [3.8, 4) is 0 Å². The van der Waals surface area contributed by atoms with Crippen LogP contribution in [0.2, 0.25) is 0 Å². The highest BCUT2D eigenvalue weighted by Gasteiger charge is 2.13. The highest BCUT2D eigenvalue weighted by Crippen LogP contribution is 2.36. The zero-order chi connectivity index (χ0) is 14.7. The van der Waals surface area contributed by atoms with Crippen LogP contribution in [0.1, 0.15) is 5.56 Å². The number of nitrogens with zero attached hydrogens (tertiary/aromatic N) is 2. The Morgan fingerprint density at radius 1 is 0.810 bits per heavy atom. The summed E-state index contributed by atoms with van der Waals surface area (Å²) in [4.78, 5) is 6.36. The quantitative estimate of drug-likeness (QED) is 0.615. The Morgan fingerprint density at radius 3 is 2.10 bits per heavy atom. The summed E-state index contributed by atoms with van der Waals surface area (Å²) < 4.78 is 1.07. The van der Waals surface area contributed by atoms with Crippen LogP contribution in [0.15, 0.2) is 77.5 Å². The highest BCUT2D eigenvalue weighted by atomic mass is 79.9. The molecule has 0 atom stereocenters. The predicted octanol–water partition coefficient (Wildman–Crippen LogP) is 5.62. The van der Waals surface area contributed by atoms with Gasteiger partial charge in [0.15, 0.2) is 0 Å². The van der Waals surface area contributed by atoms with E-state index >= 15 is 0 Å². The van der Waals surface area contributed by atoms with Crippen LogP contribution in [0.3, 0.4) is 0 Å². The summed E-state index contributed by atoms with van der Waals surface area (Å²) in [6.45, 7) is 2.13. The third kappa shape index (κ3) is 2.98. The number of aromatic nitrogens is 1. The fraction of sp³-hybridized carbons (Fsp3) is 0.0556. The first kappa shape index (κ1) is 13.8. The van der Waals surface area contributed by atoms with Gasteiger partial charge in [-0.25, -0.2) is 0 Å². The van der Waals surface area contributed by atoms with Gasteiger partial charge in [0.25, 0.3) is 0 Å². The molecule has 0 saturated heterocycles. The molecule has 3 heteroatoms. The number of anilines is 3. The molecule has 0 fully saturated rings. The number of para-hydroxylation sites is 1. The zero-order valence-corrected chi connectivity index (χ0v) is 13.3. The second-order valence-electron chi connectivity index (χ2n) is 4.80. The van der Waals surface area contributed by atoms with E-state index in [9.17, 15) is 0 Å². The molecule has 0 spiro atoms. The molecule has 104 valence electrons. The molecule has 0 N–H and O–H groups in total.